The molecule has 90 valence electrons. The molecule has 0 fully saturated rings. The standard InChI is InChI=1S/C13H21NOS/c1-5-8-15-12-9-10(6-7-11(12)14)16-13(2,3)4/h6-7,9H,5,8,14H2,1-4H3. The number of hydrogen-bond donors (Lipinski definition) is 1. The van der Waals surface area contributed by atoms with Gasteiger partial charge in [0, 0.05) is 9.64 Å². The van der Waals surface area contributed by atoms with Crippen molar-refractivity contribution in [2.75, 3.05) is 12.3 Å². The number of benzene rings is 1. The van der Waals surface area contributed by atoms with Gasteiger partial charge < -0.3 is 10.5 Å². The fraction of sp³-hybridized carbons (Fsp3) is 0.538. The van der Waals surface area contributed by atoms with Crippen LogP contribution in [0.2, 0.25) is 0 Å². The second-order valence-corrected chi connectivity index (χ2v) is 6.66. The number of hydrogen-bond acceptors (Lipinski definition) is 3. The van der Waals surface area contributed by atoms with E-state index in [9.17, 15) is 0 Å². The molecule has 0 bridgehead atoms. The van der Waals surface area contributed by atoms with E-state index < -0.39 is 0 Å². The summed E-state index contributed by atoms with van der Waals surface area (Å²) < 4.78 is 5.81. The van der Waals surface area contributed by atoms with Crippen molar-refractivity contribution >= 4 is 17.4 Å². The minimum atomic E-state index is 0.206. The SMILES string of the molecule is CCCOc1cc(SC(C)(C)C)ccc1N. The van der Waals surface area contributed by atoms with Gasteiger partial charge in [-0.1, -0.05) is 27.7 Å². The molecule has 0 saturated carbocycles. The second-order valence-electron chi connectivity index (χ2n) is 4.76. The van der Waals surface area contributed by atoms with Gasteiger partial charge in [0.05, 0.1) is 12.3 Å². The Morgan fingerprint density at radius 3 is 2.56 bits per heavy atom. The third kappa shape index (κ3) is 4.35. The van der Waals surface area contributed by atoms with Gasteiger partial charge in [-0.05, 0) is 24.6 Å². The van der Waals surface area contributed by atoms with Gasteiger partial charge in [-0.25, -0.2) is 0 Å². The van der Waals surface area contributed by atoms with Crippen molar-refractivity contribution in [1.82, 2.24) is 0 Å². The minimum absolute atomic E-state index is 0.206. The normalized spacial score (nSPS) is 11.5. The summed E-state index contributed by atoms with van der Waals surface area (Å²) in [5.74, 6) is 0.802. The van der Waals surface area contributed by atoms with Crippen LogP contribution in [0.3, 0.4) is 0 Å². The van der Waals surface area contributed by atoms with Crippen LogP contribution >= 0.6 is 11.8 Å². The highest BCUT2D eigenvalue weighted by Crippen LogP contribution is 2.35. The topological polar surface area (TPSA) is 35.2 Å². The molecule has 1 rings (SSSR count). The maximum atomic E-state index is 5.86. The van der Waals surface area contributed by atoms with Crippen molar-refractivity contribution in [2.24, 2.45) is 0 Å². The molecule has 1 aromatic carbocycles. The molecule has 3 heteroatoms. The molecule has 0 amide bonds. The highest BCUT2D eigenvalue weighted by atomic mass is 32.2. The van der Waals surface area contributed by atoms with Crippen molar-refractivity contribution in [1.29, 1.82) is 0 Å². The third-order valence-corrected chi connectivity index (χ3v) is 2.97. The maximum Gasteiger partial charge on any atom is 0.143 e. The van der Waals surface area contributed by atoms with Gasteiger partial charge in [0.2, 0.25) is 0 Å². The molecule has 0 aliphatic heterocycles. The molecule has 0 spiro atoms. The van der Waals surface area contributed by atoms with E-state index >= 15 is 0 Å². The van der Waals surface area contributed by atoms with E-state index in [1.807, 2.05) is 30.0 Å². The van der Waals surface area contributed by atoms with Gasteiger partial charge in [0.25, 0.3) is 0 Å². The predicted molar refractivity (Wildman–Crippen MR) is 72.3 cm³/mol. The Bertz CT molecular complexity index is 344. The number of nitrogens with two attached hydrogens (primary N) is 1. The van der Waals surface area contributed by atoms with E-state index in [0.29, 0.717) is 12.3 Å². The first-order valence-corrected chi connectivity index (χ1v) is 6.45. The summed E-state index contributed by atoms with van der Waals surface area (Å²) in [6.07, 6.45) is 0.996. The van der Waals surface area contributed by atoms with Gasteiger partial charge in [0.15, 0.2) is 0 Å². The van der Waals surface area contributed by atoms with E-state index in [1.54, 1.807) is 0 Å². The van der Waals surface area contributed by atoms with Crippen molar-refractivity contribution in [3.63, 3.8) is 0 Å². The van der Waals surface area contributed by atoms with Gasteiger partial charge in [-0.2, -0.15) is 0 Å². The smallest absolute Gasteiger partial charge is 0.143 e. The van der Waals surface area contributed by atoms with Crippen molar-refractivity contribution in [3.05, 3.63) is 18.2 Å². The van der Waals surface area contributed by atoms with Crippen LogP contribution in [0, 0.1) is 0 Å². The number of thioether (sulfide) groups is 1. The van der Waals surface area contributed by atoms with E-state index in [4.69, 9.17) is 10.5 Å². The summed E-state index contributed by atoms with van der Waals surface area (Å²) in [5, 5.41) is 0. The molecule has 0 aliphatic rings. The minimum Gasteiger partial charge on any atom is -0.491 e. The maximum absolute atomic E-state index is 5.86. The van der Waals surface area contributed by atoms with E-state index in [1.165, 1.54) is 4.90 Å². The Morgan fingerprint density at radius 1 is 1.31 bits per heavy atom. The van der Waals surface area contributed by atoms with Crippen LogP contribution < -0.4 is 10.5 Å². The summed E-state index contributed by atoms with van der Waals surface area (Å²) in [7, 11) is 0. The van der Waals surface area contributed by atoms with Crippen LogP contribution in [0.15, 0.2) is 23.1 Å². The van der Waals surface area contributed by atoms with Gasteiger partial charge in [-0.3, -0.25) is 0 Å². The largest absolute Gasteiger partial charge is 0.491 e. The average Bonchev–Trinajstić information content (AvgIpc) is 2.17. The molecule has 0 saturated heterocycles. The summed E-state index contributed by atoms with van der Waals surface area (Å²) in [6.45, 7) is 9.39. The summed E-state index contributed by atoms with van der Waals surface area (Å²) in [4.78, 5) is 1.20. The Morgan fingerprint density at radius 2 is 2.00 bits per heavy atom. The predicted octanol–water partition coefficient (Wildman–Crippen LogP) is 3.95. The van der Waals surface area contributed by atoms with Crippen LogP contribution in [0.5, 0.6) is 5.75 Å². The molecule has 1 aromatic rings. The fourth-order valence-electron chi connectivity index (χ4n) is 1.27. The van der Waals surface area contributed by atoms with E-state index in [-0.39, 0.29) is 4.75 Å². The zero-order chi connectivity index (χ0) is 12.2. The molecule has 0 atom stereocenters. The molecule has 2 N–H and O–H groups in total. The van der Waals surface area contributed by atoms with Crippen molar-refractivity contribution < 1.29 is 4.74 Å². The first-order valence-electron chi connectivity index (χ1n) is 5.63. The van der Waals surface area contributed by atoms with E-state index in [2.05, 4.69) is 27.7 Å². The molecule has 0 radical (unpaired) electrons. The molecule has 0 aromatic heterocycles. The van der Waals surface area contributed by atoms with Crippen LogP contribution in [0.4, 0.5) is 5.69 Å². The highest BCUT2D eigenvalue weighted by molar-refractivity contribution is 8.00. The summed E-state index contributed by atoms with van der Waals surface area (Å²) in [5.41, 5.74) is 6.57. The van der Waals surface area contributed by atoms with Crippen LogP contribution in [0.25, 0.3) is 0 Å². The third-order valence-electron chi connectivity index (χ3n) is 1.87. The first kappa shape index (κ1) is 13.2. The number of ether oxygens (including phenoxy) is 1. The number of anilines is 1. The lowest BCUT2D eigenvalue weighted by Crippen LogP contribution is -2.07. The average molecular weight is 239 g/mol. The molecule has 16 heavy (non-hydrogen) atoms. The molecule has 0 unspecified atom stereocenters. The van der Waals surface area contributed by atoms with Crippen molar-refractivity contribution in [3.8, 4) is 5.75 Å². The zero-order valence-electron chi connectivity index (χ0n) is 10.5. The summed E-state index contributed by atoms with van der Waals surface area (Å²) in [6, 6.07) is 5.99. The summed E-state index contributed by atoms with van der Waals surface area (Å²) >= 11 is 1.82. The monoisotopic (exact) mass is 239 g/mol. The highest BCUT2D eigenvalue weighted by Gasteiger charge is 2.13. The van der Waals surface area contributed by atoms with Gasteiger partial charge in [-0.15, -0.1) is 11.8 Å². The first-order chi connectivity index (χ1) is 7.42. The molecule has 0 aliphatic carbocycles. The second kappa shape index (κ2) is 5.48. The van der Waals surface area contributed by atoms with Gasteiger partial charge >= 0.3 is 0 Å². The Labute approximate surface area is 103 Å². The number of rotatable bonds is 4. The lowest BCUT2D eigenvalue weighted by molar-refractivity contribution is 0.318. The van der Waals surface area contributed by atoms with Crippen molar-refractivity contribution in [2.45, 2.75) is 43.8 Å². The van der Waals surface area contributed by atoms with Crippen LogP contribution in [0.1, 0.15) is 34.1 Å². The lowest BCUT2D eigenvalue weighted by atomic mass is 10.3. The number of nitrogen functional groups attached to an aromatic ring is 1. The van der Waals surface area contributed by atoms with E-state index in [0.717, 1.165) is 12.2 Å². The molecule has 0 heterocycles. The molecule has 2 nitrogen and oxygen atoms in total. The van der Waals surface area contributed by atoms with Gasteiger partial charge in [0.1, 0.15) is 5.75 Å². The lowest BCUT2D eigenvalue weighted by Gasteiger charge is -2.18. The van der Waals surface area contributed by atoms with Crippen LogP contribution in [-0.2, 0) is 0 Å². The fourth-order valence-corrected chi connectivity index (χ4v) is 2.28. The zero-order valence-corrected chi connectivity index (χ0v) is 11.4. The van der Waals surface area contributed by atoms with Crippen LogP contribution in [-0.4, -0.2) is 11.4 Å². The quantitative estimate of drug-likeness (QED) is 0.638. The Hall–Kier alpha value is -0.830. The molecular weight excluding hydrogens is 218 g/mol. The molecular formula is C13H21NOS. The Balaban J connectivity index is 2.81. The Kier molecular flexibility index (Phi) is 4.54.